The maximum atomic E-state index is 12.6. The van der Waals surface area contributed by atoms with Gasteiger partial charge in [-0.05, 0) is 49.9 Å². The zero-order valence-electron chi connectivity index (χ0n) is 12.4. The van der Waals surface area contributed by atoms with Crippen LogP contribution in [-0.2, 0) is 10.0 Å². The molecule has 0 amide bonds. The Labute approximate surface area is 125 Å². The van der Waals surface area contributed by atoms with E-state index in [-0.39, 0.29) is 4.90 Å². The topological polar surface area (TPSA) is 104 Å². The van der Waals surface area contributed by atoms with Crippen molar-refractivity contribution in [2.75, 3.05) is 5.43 Å². The van der Waals surface area contributed by atoms with Crippen LogP contribution in [0.15, 0.2) is 17.0 Å². The van der Waals surface area contributed by atoms with E-state index in [1.807, 2.05) is 0 Å². The molecule has 2 rings (SSSR count). The third-order valence-electron chi connectivity index (χ3n) is 3.93. The standard InChI is InChI=1S/C14H23N3O3S/c1-9-7-11(16-15)8-10(2)14(9)21(19,20)17-12-5-3-4-6-13(12)18/h7-8,12-13,16-18H,3-6,15H2,1-2H3. The van der Waals surface area contributed by atoms with Crippen molar-refractivity contribution in [2.45, 2.75) is 56.6 Å². The van der Waals surface area contributed by atoms with Gasteiger partial charge in [0.1, 0.15) is 0 Å². The van der Waals surface area contributed by atoms with Gasteiger partial charge >= 0.3 is 0 Å². The molecule has 2 atom stereocenters. The number of aliphatic hydroxyl groups excluding tert-OH is 1. The second-order valence-electron chi connectivity index (χ2n) is 5.66. The molecule has 1 fully saturated rings. The molecule has 6 nitrogen and oxygen atoms in total. The molecule has 0 spiro atoms. The van der Waals surface area contributed by atoms with Crippen LogP contribution < -0.4 is 16.0 Å². The molecular formula is C14H23N3O3S. The highest BCUT2D eigenvalue weighted by molar-refractivity contribution is 7.89. The molecule has 1 aromatic rings. The van der Waals surface area contributed by atoms with Gasteiger partial charge in [-0.3, -0.25) is 5.84 Å². The molecule has 1 aliphatic rings. The van der Waals surface area contributed by atoms with Crippen LogP contribution in [0.4, 0.5) is 5.69 Å². The first-order chi connectivity index (χ1) is 9.85. The Kier molecular flexibility index (Phi) is 4.88. The molecule has 1 aromatic carbocycles. The summed E-state index contributed by atoms with van der Waals surface area (Å²) in [5.74, 6) is 5.37. The molecule has 0 saturated heterocycles. The Hall–Kier alpha value is -1.15. The summed E-state index contributed by atoms with van der Waals surface area (Å²) in [7, 11) is -3.66. The van der Waals surface area contributed by atoms with Gasteiger partial charge in [-0.15, -0.1) is 0 Å². The van der Waals surface area contributed by atoms with Crippen molar-refractivity contribution >= 4 is 15.7 Å². The minimum Gasteiger partial charge on any atom is -0.391 e. The van der Waals surface area contributed by atoms with E-state index >= 15 is 0 Å². The van der Waals surface area contributed by atoms with Gasteiger partial charge in [0.15, 0.2) is 0 Å². The predicted octanol–water partition coefficient (Wildman–Crippen LogP) is 1.17. The molecule has 118 valence electrons. The van der Waals surface area contributed by atoms with Gasteiger partial charge in [0, 0.05) is 11.7 Å². The van der Waals surface area contributed by atoms with Crippen LogP contribution in [0.1, 0.15) is 36.8 Å². The van der Waals surface area contributed by atoms with Crippen molar-refractivity contribution in [3.63, 3.8) is 0 Å². The third kappa shape index (κ3) is 3.55. The first-order valence-electron chi connectivity index (χ1n) is 7.13. The van der Waals surface area contributed by atoms with Gasteiger partial charge in [0.25, 0.3) is 0 Å². The predicted molar refractivity (Wildman–Crippen MR) is 82.3 cm³/mol. The lowest BCUT2D eigenvalue weighted by atomic mass is 9.93. The first kappa shape index (κ1) is 16.2. The molecule has 0 bridgehead atoms. The third-order valence-corrected chi connectivity index (χ3v) is 5.73. The Morgan fingerprint density at radius 1 is 1.19 bits per heavy atom. The van der Waals surface area contributed by atoms with E-state index in [0.717, 1.165) is 12.8 Å². The van der Waals surface area contributed by atoms with E-state index < -0.39 is 22.2 Å². The van der Waals surface area contributed by atoms with E-state index in [0.29, 0.717) is 29.7 Å². The summed E-state index contributed by atoms with van der Waals surface area (Å²) in [4.78, 5) is 0.263. The van der Waals surface area contributed by atoms with Crippen LogP contribution in [0.25, 0.3) is 0 Å². The number of aryl methyl sites for hydroxylation is 2. The number of hydrogen-bond donors (Lipinski definition) is 4. The first-order valence-corrected chi connectivity index (χ1v) is 8.61. The summed E-state index contributed by atoms with van der Waals surface area (Å²) >= 11 is 0. The van der Waals surface area contributed by atoms with Crippen molar-refractivity contribution in [1.82, 2.24) is 4.72 Å². The lowest BCUT2D eigenvalue weighted by Crippen LogP contribution is -2.45. The zero-order valence-corrected chi connectivity index (χ0v) is 13.2. The van der Waals surface area contributed by atoms with Crippen molar-refractivity contribution in [1.29, 1.82) is 0 Å². The van der Waals surface area contributed by atoms with Crippen molar-refractivity contribution in [3.05, 3.63) is 23.3 Å². The van der Waals surface area contributed by atoms with Crippen LogP contribution in [0.2, 0.25) is 0 Å². The Bertz CT molecular complexity index is 593. The molecule has 5 N–H and O–H groups in total. The highest BCUT2D eigenvalue weighted by Gasteiger charge is 2.29. The number of hydrazine groups is 1. The maximum absolute atomic E-state index is 12.6. The number of hydrogen-bond acceptors (Lipinski definition) is 5. The average molecular weight is 313 g/mol. The number of aliphatic hydroxyl groups is 1. The van der Waals surface area contributed by atoms with Gasteiger partial charge in [-0.2, -0.15) is 0 Å². The molecule has 1 saturated carbocycles. The fourth-order valence-electron chi connectivity index (χ4n) is 2.96. The summed E-state index contributed by atoms with van der Waals surface area (Å²) in [6.07, 6.45) is 2.56. The number of nitrogen functional groups attached to an aromatic ring is 1. The SMILES string of the molecule is Cc1cc(NN)cc(C)c1S(=O)(=O)NC1CCCCC1O. The molecule has 21 heavy (non-hydrogen) atoms. The number of nitrogens with two attached hydrogens (primary N) is 1. The Morgan fingerprint density at radius 2 is 1.76 bits per heavy atom. The highest BCUT2D eigenvalue weighted by Crippen LogP contribution is 2.26. The zero-order chi connectivity index (χ0) is 15.6. The van der Waals surface area contributed by atoms with Crippen LogP contribution >= 0.6 is 0 Å². The molecule has 0 radical (unpaired) electrons. The lowest BCUT2D eigenvalue weighted by molar-refractivity contribution is 0.101. The Morgan fingerprint density at radius 3 is 2.29 bits per heavy atom. The smallest absolute Gasteiger partial charge is 0.241 e. The number of sulfonamides is 1. The van der Waals surface area contributed by atoms with Crippen molar-refractivity contribution in [2.24, 2.45) is 5.84 Å². The molecule has 0 aromatic heterocycles. The highest BCUT2D eigenvalue weighted by atomic mass is 32.2. The average Bonchev–Trinajstić information content (AvgIpc) is 2.40. The summed E-state index contributed by atoms with van der Waals surface area (Å²) in [5.41, 5.74) is 4.44. The van der Waals surface area contributed by atoms with Crippen molar-refractivity contribution in [3.8, 4) is 0 Å². The fraction of sp³-hybridized carbons (Fsp3) is 0.571. The minimum atomic E-state index is -3.66. The largest absolute Gasteiger partial charge is 0.391 e. The molecule has 7 heteroatoms. The van der Waals surface area contributed by atoms with Gasteiger partial charge in [0.2, 0.25) is 10.0 Å². The fourth-order valence-corrected chi connectivity index (χ4v) is 4.72. The monoisotopic (exact) mass is 313 g/mol. The van der Waals surface area contributed by atoms with Crippen LogP contribution in [0.5, 0.6) is 0 Å². The molecule has 0 aliphatic heterocycles. The number of anilines is 1. The van der Waals surface area contributed by atoms with Gasteiger partial charge in [-0.1, -0.05) is 12.8 Å². The Balaban J connectivity index is 2.31. The summed E-state index contributed by atoms with van der Waals surface area (Å²) < 4.78 is 27.9. The van der Waals surface area contributed by atoms with Gasteiger partial charge in [-0.25, -0.2) is 13.1 Å². The van der Waals surface area contributed by atoms with E-state index in [2.05, 4.69) is 10.1 Å². The summed E-state index contributed by atoms with van der Waals surface area (Å²) in [6.45, 7) is 3.47. The second-order valence-corrected chi connectivity index (χ2v) is 7.31. The van der Waals surface area contributed by atoms with E-state index in [1.165, 1.54) is 0 Å². The van der Waals surface area contributed by atoms with Crippen LogP contribution in [0, 0.1) is 13.8 Å². The normalized spacial score (nSPS) is 23.0. The second kappa shape index (κ2) is 6.31. The lowest BCUT2D eigenvalue weighted by Gasteiger charge is -2.28. The van der Waals surface area contributed by atoms with E-state index in [9.17, 15) is 13.5 Å². The quantitative estimate of drug-likeness (QED) is 0.493. The number of benzene rings is 1. The molecular weight excluding hydrogens is 290 g/mol. The van der Waals surface area contributed by atoms with Crippen molar-refractivity contribution < 1.29 is 13.5 Å². The molecule has 2 unspecified atom stereocenters. The van der Waals surface area contributed by atoms with E-state index in [1.54, 1.807) is 26.0 Å². The molecule has 0 heterocycles. The number of nitrogens with one attached hydrogen (secondary N) is 2. The summed E-state index contributed by atoms with van der Waals surface area (Å²) in [5, 5.41) is 9.95. The van der Waals surface area contributed by atoms with Gasteiger partial charge < -0.3 is 10.5 Å². The van der Waals surface area contributed by atoms with Crippen LogP contribution in [-0.4, -0.2) is 25.7 Å². The molecule has 1 aliphatic carbocycles. The van der Waals surface area contributed by atoms with Gasteiger partial charge in [0.05, 0.1) is 11.0 Å². The minimum absolute atomic E-state index is 0.263. The number of rotatable bonds is 4. The summed E-state index contributed by atoms with van der Waals surface area (Å²) in [6, 6.07) is 2.98. The maximum Gasteiger partial charge on any atom is 0.241 e. The van der Waals surface area contributed by atoms with E-state index in [4.69, 9.17) is 5.84 Å². The van der Waals surface area contributed by atoms with Crippen LogP contribution in [0.3, 0.4) is 0 Å².